The minimum absolute atomic E-state index is 0.0779. The maximum Gasteiger partial charge on any atom is 0.299 e. The van der Waals surface area contributed by atoms with Crippen LogP contribution in [0.2, 0.25) is 0 Å². The first-order chi connectivity index (χ1) is 14.6. The summed E-state index contributed by atoms with van der Waals surface area (Å²) in [4.78, 5) is 27.1. The molecule has 30 heavy (non-hydrogen) atoms. The van der Waals surface area contributed by atoms with Gasteiger partial charge >= 0.3 is 0 Å². The molecule has 0 unspecified atom stereocenters. The number of aromatic nitrogens is 2. The second-order valence-corrected chi connectivity index (χ2v) is 8.59. The van der Waals surface area contributed by atoms with Crippen LogP contribution in [0.15, 0.2) is 27.7 Å². The van der Waals surface area contributed by atoms with Crippen molar-refractivity contribution in [3.63, 3.8) is 0 Å². The highest BCUT2D eigenvalue weighted by Gasteiger charge is 2.49. The fourth-order valence-corrected chi connectivity index (χ4v) is 5.37. The number of benzene rings is 1. The summed E-state index contributed by atoms with van der Waals surface area (Å²) in [5.41, 5.74) is 1.57. The zero-order valence-electron chi connectivity index (χ0n) is 17.3. The topological polar surface area (TPSA) is 72.2 Å². The van der Waals surface area contributed by atoms with Gasteiger partial charge in [0.1, 0.15) is 5.75 Å². The van der Waals surface area contributed by atoms with Gasteiger partial charge in [-0.25, -0.2) is 4.99 Å². The first kappa shape index (κ1) is 19.4. The Labute approximate surface area is 183 Å². The number of fused-ring (bicyclic) bond motifs is 5. The normalized spacial score (nSPS) is 22.0. The Hall–Kier alpha value is -2.55. The molecular weight excluding hydrogens is 450 g/mol. The summed E-state index contributed by atoms with van der Waals surface area (Å²) in [6.07, 6.45) is 3.27. The summed E-state index contributed by atoms with van der Waals surface area (Å²) in [7, 11) is 3.23. The van der Waals surface area contributed by atoms with Crippen molar-refractivity contribution in [2.75, 3.05) is 25.7 Å². The molecule has 2 atom stereocenters. The molecule has 1 amide bonds. The highest BCUT2D eigenvalue weighted by Crippen LogP contribution is 2.42. The number of anilines is 1. The van der Waals surface area contributed by atoms with Crippen molar-refractivity contribution < 1.29 is 14.3 Å². The average molecular weight is 474 g/mol. The molecule has 3 heterocycles. The Bertz CT molecular complexity index is 1050. The lowest BCUT2D eigenvalue weighted by Gasteiger charge is -2.35. The predicted octanol–water partition coefficient (Wildman–Crippen LogP) is 3.28. The number of guanidine groups is 1. The van der Waals surface area contributed by atoms with Crippen LogP contribution >= 0.6 is 15.9 Å². The van der Waals surface area contributed by atoms with E-state index < -0.39 is 0 Å². The third-order valence-corrected chi connectivity index (χ3v) is 6.78. The Morgan fingerprint density at radius 2 is 2.07 bits per heavy atom. The lowest BCUT2D eigenvalue weighted by atomic mass is 10.1. The van der Waals surface area contributed by atoms with Gasteiger partial charge in [0.15, 0.2) is 11.5 Å². The van der Waals surface area contributed by atoms with E-state index in [1.165, 1.54) is 0 Å². The molecule has 0 N–H and O–H groups in total. The van der Waals surface area contributed by atoms with Gasteiger partial charge in [-0.05, 0) is 59.8 Å². The van der Waals surface area contributed by atoms with Gasteiger partial charge < -0.3 is 9.47 Å². The highest BCUT2D eigenvalue weighted by molar-refractivity contribution is 9.10. The maximum atomic E-state index is 13.5. The number of ether oxygens (including phenoxy) is 2. The average Bonchev–Trinajstić information content (AvgIpc) is 3.41. The number of nitrogens with zero attached hydrogens (tertiary/aromatic N) is 5. The fourth-order valence-electron chi connectivity index (χ4n) is 4.78. The van der Waals surface area contributed by atoms with Crippen LogP contribution in [0.1, 0.15) is 42.2 Å². The van der Waals surface area contributed by atoms with Gasteiger partial charge in [0.05, 0.1) is 37.3 Å². The van der Waals surface area contributed by atoms with Crippen molar-refractivity contribution in [1.29, 1.82) is 0 Å². The number of carbonyl (C=O) groups excluding carboxylic acids is 1. The summed E-state index contributed by atoms with van der Waals surface area (Å²) in [6, 6.07) is 6.81. The summed E-state index contributed by atoms with van der Waals surface area (Å²) < 4.78 is 13.7. The number of carbonyl (C=O) groups is 1. The van der Waals surface area contributed by atoms with Crippen LogP contribution in [-0.4, -0.2) is 59.2 Å². The van der Waals surface area contributed by atoms with E-state index in [0.29, 0.717) is 30.6 Å². The smallest absolute Gasteiger partial charge is 0.299 e. The van der Waals surface area contributed by atoms with E-state index >= 15 is 0 Å². The summed E-state index contributed by atoms with van der Waals surface area (Å²) in [5, 5.41) is 0. The van der Waals surface area contributed by atoms with Gasteiger partial charge in [-0.1, -0.05) is 6.07 Å². The molecule has 2 aromatic rings. The van der Waals surface area contributed by atoms with Crippen molar-refractivity contribution in [2.45, 2.75) is 44.8 Å². The number of hydrogen-bond donors (Lipinski definition) is 0. The van der Waals surface area contributed by atoms with Crippen LogP contribution < -0.4 is 14.4 Å². The molecule has 0 radical (unpaired) electrons. The van der Waals surface area contributed by atoms with E-state index in [-0.39, 0.29) is 18.0 Å². The van der Waals surface area contributed by atoms with Crippen LogP contribution in [0.25, 0.3) is 0 Å². The third-order valence-electron chi connectivity index (χ3n) is 6.16. The first-order valence-electron chi connectivity index (χ1n) is 10.2. The molecule has 158 valence electrons. The van der Waals surface area contributed by atoms with Crippen LogP contribution in [0.4, 0.5) is 5.82 Å². The second kappa shape index (κ2) is 7.30. The van der Waals surface area contributed by atoms with Gasteiger partial charge in [-0.15, -0.1) is 0 Å². The fraction of sp³-hybridized carbons (Fsp3) is 0.476. The Morgan fingerprint density at radius 3 is 2.77 bits per heavy atom. The van der Waals surface area contributed by atoms with E-state index in [2.05, 4.69) is 20.8 Å². The highest BCUT2D eigenvalue weighted by atomic mass is 79.9. The third kappa shape index (κ3) is 2.74. The van der Waals surface area contributed by atoms with Gasteiger partial charge in [0, 0.05) is 6.54 Å². The number of halogens is 1. The van der Waals surface area contributed by atoms with E-state index in [4.69, 9.17) is 19.5 Å². The predicted molar refractivity (Wildman–Crippen MR) is 117 cm³/mol. The van der Waals surface area contributed by atoms with Crippen LogP contribution in [0, 0.1) is 0 Å². The van der Waals surface area contributed by atoms with Crippen LogP contribution in [0.5, 0.6) is 11.8 Å². The molecule has 5 rings (SSSR count). The lowest BCUT2D eigenvalue weighted by Crippen LogP contribution is -2.53. The van der Waals surface area contributed by atoms with E-state index in [1.807, 2.05) is 29.7 Å². The van der Waals surface area contributed by atoms with Gasteiger partial charge in [0.25, 0.3) is 11.9 Å². The molecule has 0 spiro atoms. The van der Waals surface area contributed by atoms with Gasteiger partial charge in [-0.2, -0.15) is 4.98 Å². The molecule has 0 saturated heterocycles. The van der Waals surface area contributed by atoms with Gasteiger partial charge in [0.2, 0.25) is 5.96 Å². The van der Waals surface area contributed by atoms with Crippen molar-refractivity contribution in [3.8, 4) is 11.8 Å². The molecule has 9 heteroatoms. The minimum atomic E-state index is -0.0779. The van der Waals surface area contributed by atoms with Crippen molar-refractivity contribution in [3.05, 3.63) is 33.9 Å². The molecule has 1 saturated carbocycles. The number of imidazole rings is 1. The minimum Gasteiger partial charge on any atom is -0.496 e. The van der Waals surface area contributed by atoms with Crippen molar-refractivity contribution in [2.24, 2.45) is 4.99 Å². The number of amides is 1. The quantitative estimate of drug-likeness (QED) is 0.665. The number of hydrogen-bond acceptors (Lipinski definition) is 6. The summed E-state index contributed by atoms with van der Waals surface area (Å²) in [5.74, 6) is 2.09. The molecule has 1 aliphatic carbocycles. The molecule has 1 aromatic carbocycles. The monoisotopic (exact) mass is 473 g/mol. The molecule has 0 bridgehead atoms. The Kier molecular flexibility index (Phi) is 4.72. The SMILES string of the molecule is CCN1C(=O)c2c(nc(OC)n2Cc2ccc(OC)c(Br)c2)N2C1=N[C@@H]1CCC[C@@H]12. The van der Waals surface area contributed by atoms with Crippen molar-refractivity contribution >= 4 is 33.6 Å². The largest absolute Gasteiger partial charge is 0.496 e. The van der Waals surface area contributed by atoms with Crippen molar-refractivity contribution in [1.82, 2.24) is 14.5 Å². The molecule has 8 nitrogen and oxygen atoms in total. The molecule has 3 aliphatic rings. The van der Waals surface area contributed by atoms with E-state index in [1.54, 1.807) is 19.1 Å². The zero-order valence-corrected chi connectivity index (χ0v) is 18.8. The van der Waals surface area contributed by atoms with E-state index in [9.17, 15) is 4.79 Å². The van der Waals surface area contributed by atoms with Gasteiger partial charge in [-0.3, -0.25) is 19.2 Å². The summed E-state index contributed by atoms with van der Waals surface area (Å²) >= 11 is 3.54. The first-order valence-corrected chi connectivity index (χ1v) is 11.0. The Balaban J connectivity index is 1.61. The summed E-state index contributed by atoms with van der Waals surface area (Å²) in [6.45, 7) is 3.01. The number of methoxy groups -OCH3 is 2. The second-order valence-electron chi connectivity index (χ2n) is 7.74. The molecule has 2 aliphatic heterocycles. The zero-order chi connectivity index (χ0) is 21.0. The van der Waals surface area contributed by atoms with Crippen LogP contribution in [-0.2, 0) is 6.54 Å². The number of rotatable bonds is 5. The van der Waals surface area contributed by atoms with Crippen LogP contribution in [0.3, 0.4) is 0 Å². The lowest BCUT2D eigenvalue weighted by molar-refractivity contribution is 0.0834. The Morgan fingerprint density at radius 1 is 1.23 bits per heavy atom. The number of aliphatic imine (C=N–C) groups is 1. The van der Waals surface area contributed by atoms with E-state index in [0.717, 1.165) is 41.0 Å². The molecule has 1 aromatic heterocycles. The molecule has 1 fully saturated rings. The molecular formula is C21H24BrN5O3. The standard InChI is InChI=1S/C21H24BrN5O3/c1-4-25-19(28)17-18(27-15-7-5-6-14(15)23-20(25)27)24-21(30-3)26(17)11-12-8-9-16(29-2)13(22)10-12/h8-10,14-15H,4-7,11H2,1-3H3/t14-,15+/m1/s1. The maximum absolute atomic E-state index is 13.5.